The Bertz CT molecular complexity index is 405. The van der Waals surface area contributed by atoms with Crippen LogP contribution in [0.3, 0.4) is 0 Å². The fraction of sp³-hybridized carbons (Fsp3) is 0.583. The molecule has 1 fully saturated rings. The molecule has 6 heteroatoms. The Labute approximate surface area is 106 Å². The molecule has 18 heavy (non-hydrogen) atoms. The van der Waals surface area contributed by atoms with Crippen molar-refractivity contribution < 1.29 is 4.92 Å². The summed E-state index contributed by atoms with van der Waals surface area (Å²) >= 11 is 0. The van der Waals surface area contributed by atoms with Crippen LogP contribution in [0.4, 0.5) is 11.6 Å². The summed E-state index contributed by atoms with van der Waals surface area (Å²) in [6.45, 7) is 3.00. The highest BCUT2D eigenvalue weighted by molar-refractivity contribution is 5.39. The molecule has 1 atom stereocenters. The van der Waals surface area contributed by atoms with Crippen molar-refractivity contribution in [2.24, 2.45) is 5.92 Å². The van der Waals surface area contributed by atoms with Gasteiger partial charge in [0.05, 0.1) is 0 Å². The van der Waals surface area contributed by atoms with E-state index in [0.29, 0.717) is 11.7 Å². The lowest BCUT2D eigenvalue weighted by atomic mass is 9.96. The lowest BCUT2D eigenvalue weighted by molar-refractivity contribution is -0.389. The van der Waals surface area contributed by atoms with E-state index in [-0.39, 0.29) is 5.82 Å². The van der Waals surface area contributed by atoms with Crippen LogP contribution in [0.15, 0.2) is 18.2 Å². The number of hydrogen-bond donors (Lipinski definition) is 2. The van der Waals surface area contributed by atoms with Crippen molar-refractivity contribution in [3.8, 4) is 0 Å². The van der Waals surface area contributed by atoms with Crippen molar-refractivity contribution in [1.29, 1.82) is 0 Å². The predicted octanol–water partition coefficient (Wildman–Crippen LogP) is 1.79. The first kappa shape index (κ1) is 12.8. The van der Waals surface area contributed by atoms with Crippen LogP contribution in [0, 0.1) is 16.0 Å². The van der Waals surface area contributed by atoms with Crippen LogP contribution in [0.2, 0.25) is 0 Å². The van der Waals surface area contributed by atoms with E-state index in [1.54, 1.807) is 12.1 Å². The van der Waals surface area contributed by atoms with Crippen LogP contribution in [0.5, 0.6) is 0 Å². The molecule has 1 saturated heterocycles. The normalized spacial score (nSPS) is 19.4. The first-order valence-corrected chi connectivity index (χ1v) is 6.32. The van der Waals surface area contributed by atoms with Gasteiger partial charge < -0.3 is 20.7 Å². The zero-order chi connectivity index (χ0) is 12.8. The van der Waals surface area contributed by atoms with E-state index in [1.165, 1.54) is 18.9 Å². The van der Waals surface area contributed by atoms with E-state index >= 15 is 0 Å². The monoisotopic (exact) mass is 250 g/mol. The minimum absolute atomic E-state index is 0.112. The van der Waals surface area contributed by atoms with Gasteiger partial charge in [-0.05, 0) is 54.2 Å². The number of piperidine rings is 1. The molecule has 0 bridgehead atoms. The van der Waals surface area contributed by atoms with Crippen LogP contribution in [0.1, 0.15) is 19.3 Å². The number of hydrogen-bond acceptors (Lipinski definition) is 5. The molecule has 0 aromatic carbocycles. The molecule has 2 N–H and O–H groups in total. The van der Waals surface area contributed by atoms with E-state index in [9.17, 15) is 10.1 Å². The van der Waals surface area contributed by atoms with E-state index in [1.807, 2.05) is 0 Å². The van der Waals surface area contributed by atoms with Gasteiger partial charge in [-0.15, -0.1) is 0 Å². The van der Waals surface area contributed by atoms with E-state index in [2.05, 4.69) is 15.6 Å². The Morgan fingerprint density at radius 1 is 1.56 bits per heavy atom. The number of rotatable bonds is 5. The number of nitrogens with one attached hydrogen (secondary N) is 2. The Balaban J connectivity index is 1.78. The summed E-state index contributed by atoms with van der Waals surface area (Å²) < 4.78 is 0. The van der Waals surface area contributed by atoms with Crippen molar-refractivity contribution in [1.82, 2.24) is 10.3 Å². The van der Waals surface area contributed by atoms with Crippen LogP contribution in [0.25, 0.3) is 0 Å². The number of nitrogens with zero attached hydrogens (tertiary/aromatic N) is 2. The molecule has 6 nitrogen and oxygen atoms in total. The lowest BCUT2D eigenvalue weighted by Crippen LogP contribution is -2.30. The van der Waals surface area contributed by atoms with Gasteiger partial charge in [-0.2, -0.15) is 0 Å². The van der Waals surface area contributed by atoms with E-state index in [0.717, 1.165) is 26.1 Å². The van der Waals surface area contributed by atoms with E-state index in [4.69, 9.17) is 0 Å². The third-order valence-electron chi connectivity index (χ3n) is 3.18. The number of pyridine rings is 1. The molecular weight excluding hydrogens is 232 g/mol. The fourth-order valence-corrected chi connectivity index (χ4v) is 2.20. The van der Waals surface area contributed by atoms with Gasteiger partial charge in [-0.1, -0.05) is 0 Å². The van der Waals surface area contributed by atoms with Crippen molar-refractivity contribution in [2.45, 2.75) is 19.3 Å². The first-order valence-electron chi connectivity index (χ1n) is 6.32. The maximum Gasteiger partial charge on any atom is 0.365 e. The summed E-state index contributed by atoms with van der Waals surface area (Å²) in [5.41, 5.74) is 0. The number of anilines is 1. The molecule has 0 spiro atoms. The lowest BCUT2D eigenvalue weighted by Gasteiger charge is -2.22. The third-order valence-corrected chi connectivity index (χ3v) is 3.18. The predicted molar refractivity (Wildman–Crippen MR) is 69.6 cm³/mol. The molecule has 0 aliphatic carbocycles. The minimum atomic E-state index is -0.476. The summed E-state index contributed by atoms with van der Waals surface area (Å²) in [5.74, 6) is 1.16. The van der Waals surface area contributed by atoms with Crippen molar-refractivity contribution >= 4 is 11.6 Å². The smallest absolute Gasteiger partial charge is 0.358 e. The quantitative estimate of drug-likeness (QED) is 0.615. The summed E-state index contributed by atoms with van der Waals surface area (Å²) in [6, 6.07) is 4.80. The molecule has 98 valence electrons. The number of nitro groups is 1. The summed E-state index contributed by atoms with van der Waals surface area (Å²) in [4.78, 5) is 14.0. The molecule has 2 heterocycles. The van der Waals surface area contributed by atoms with Gasteiger partial charge in [0.1, 0.15) is 0 Å². The molecule has 1 aromatic heterocycles. The summed E-state index contributed by atoms with van der Waals surface area (Å²) in [7, 11) is 0. The Morgan fingerprint density at radius 2 is 2.44 bits per heavy atom. The molecule has 1 aromatic rings. The van der Waals surface area contributed by atoms with Gasteiger partial charge >= 0.3 is 5.82 Å². The SMILES string of the molecule is O=[N+]([O-])c1cccc(NCCC2CCCNC2)n1. The Morgan fingerprint density at radius 3 is 3.17 bits per heavy atom. The molecule has 0 radical (unpaired) electrons. The summed E-state index contributed by atoms with van der Waals surface area (Å²) in [6.07, 6.45) is 3.56. The van der Waals surface area contributed by atoms with Crippen molar-refractivity contribution in [2.75, 3.05) is 25.0 Å². The second-order valence-electron chi connectivity index (χ2n) is 4.57. The van der Waals surface area contributed by atoms with Gasteiger partial charge in [0, 0.05) is 18.7 Å². The summed E-state index contributed by atoms with van der Waals surface area (Å²) in [5, 5.41) is 17.1. The van der Waals surface area contributed by atoms with Crippen LogP contribution in [-0.4, -0.2) is 29.5 Å². The van der Waals surface area contributed by atoms with Gasteiger partial charge in [-0.25, -0.2) is 0 Å². The average molecular weight is 250 g/mol. The van der Waals surface area contributed by atoms with E-state index < -0.39 is 4.92 Å². The molecular formula is C12H18N4O2. The molecule has 1 aliphatic rings. The van der Waals surface area contributed by atoms with Gasteiger partial charge in [0.15, 0.2) is 0 Å². The third kappa shape index (κ3) is 3.66. The van der Waals surface area contributed by atoms with Crippen LogP contribution < -0.4 is 10.6 Å². The van der Waals surface area contributed by atoms with Crippen LogP contribution in [-0.2, 0) is 0 Å². The molecule has 0 amide bonds. The first-order chi connectivity index (χ1) is 8.75. The molecule has 2 rings (SSSR count). The van der Waals surface area contributed by atoms with Gasteiger partial charge in [0.25, 0.3) is 0 Å². The Hall–Kier alpha value is -1.69. The Kier molecular flexibility index (Phi) is 4.46. The second-order valence-corrected chi connectivity index (χ2v) is 4.57. The fourth-order valence-electron chi connectivity index (χ4n) is 2.20. The average Bonchev–Trinajstić information content (AvgIpc) is 2.40. The maximum atomic E-state index is 10.6. The van der Waals surface area contributed by atoms with Crippen molar-refractivity contribution in [3.63, 3.8) is 0 Å². The standard InChI is InChI=1S/C12H18N4O2/c17-16(18)12-5-1-4-11(15-12)14-8-6-10-3-2-7-13-9-10/h1,4-5,10,13H,2-3,6-9H2,(H,14,15). The highest BCUT2D eigenvalue weighted by atomic mass is 16.6. The number of aromatic nitrogens is 1. The molecule has 1 unspecified atom stereocenters. The minimum Gasteiger partial charge on any atom is -0.358 e. The van der Waals surface area contributed by atoms with Gasteiger partial charge in [0.2, 0.25) is 5.82 Å². The molecule has 1 aliphatic heterocycles. The second kappa shape index (κ2) is 6.30. The maximum absolute atomic E-state index is 10.6. The highest BCUT2D eigenvalue weighted by Gasteiger charge is 2.13. The zero-order valence-corrected chi connectivity index (χ0v) is 10.3. The van der Waals surface area contributed by atoms with Gasteiger partial charge in [-0.3, -0.25) is 0 Å². The van der Waals surface area contributed by atoms with Crippen molar-refractivity contribution in [3.05, 3.63) is 28.3 Å². The molecule has 0 saturated carbocycles. The zero-order valence-electron chi connectivity index (χ0n) is 10.3. The topological polar surface area (TPSA) is 80.1 Å². The highest BCUT2D eigenvalue weighted by Crippen LogP contribution is 2.15. The van der Waals surface area contributed by atoms with Crippen LogP contribution >= 0.6 is 0 Å². The largest absolute Gasteiger partial charge is 0.365 e.